The highest BCUT2D eigenvalue weighted by molar-refractivity contribution is 7.00. The van der Waals surface area contributed by atoms with Crippen LogP contribution in [0.2, 0.25) is 41.4 Å². The molecule has 0 spiro atoms. The van der Waals surface area contributed by atoms with Crippen molar-refractivity contribution in [1.82, 2.24) is 0 Å². The molecule has 0 aliphatic carbocycles. The monoisotopic (exact) mass is 329 g/mol. The van der Waals surface area contributed by atoms with E-state index < -0.39 is 16.1 Å². The lowest BCUT2D eigenvalue weighted by molar-refractivity contribution is 0.249. The maximum atomic E-state index is 9.72. The third-order valence-electron chi connectivity index (χ3n) is 5.86. The number of rotatable bonds is 12. The molecule has 0 saturated heterocycles. The van der Waals surface area contributed by atoms with Gasteiger partial charge in [0.25, 0.3) is 0 Å². The second-order valence-corrected chi connectivity index (χ2v) is 17.2. The number of allylic oxidation sites excluding steroid dienone is 1. The summed E-state index contributed by atoms with van der Waals surface area (Å²) in [6.07, 6.45) is 5.14. The Morgan fingerprint density at radius 2 is 1.19 bits per heavy atom. The number of hydrogen-bond acceptors (Lipinski definition) is 1. The van der Waals surface area contributed by atoms with Crippen LogP contribution in [0.25, 0.3) is 0 Å². The lowest BCUT2D eigenvalue weighted by Gasteiger charge is -2.46. The van der Waals surface area contributed by atoms with Crippen LogP contribution in [-0.4, -0.2) is 22.8 Å². The van der Waals surface area contributed by atoms with Crippen LogP contribution in [0.5, 0.6) is 0 Å². The van der Waals surface area contributed by atoms with Crippen LogP contribution in [0.3, 0.4) is 0 Å². The first kappa shape index (κ1) is 19.0. The second-order valence-electron chi connectivity index (χ2n) is 6.27. The standard InChI is InChI=1S/C18H40OSi2/c1-8-16-19-17-15-18(20(9-2,10-3)11-4)21(12-5,13-6)14-7/h15,17-18H,8-14,16H2,1-7H3/b17-15-/i18D. The van der Waals surface area contributed by atoms with Crippen molar-refractivity contribution in [2.24, 2.45) is 0 Å². The van der Waals surface area contributed by atoms with Gasteiger partial charge in [-0.25, -0.2) is 0 Å². The summed E-state index contributed by atoms with van der Waals surface area (Å²) in [7, 11) is -3.34. The quantitative estimate of drug-likeness (QED) is 0.216. The smallest absolute Gasteiger partial charge is 0.0870 e. The first-order valence-electron chi connectivity index (χ1n) is 9.72. The second kappa shape index (κ2) is 10.7. The van der Waals surface area contributed by atoms with Gasteiger partial charge in [-0.1, -0.05) is 90.8 Å². The molecule has 3 heteroatoms. The maximum absolute atomic E-state index is 9.72. The van der Waals surface area contributed by atoms with Crippen molar-refractivity contribution in [2.75, 3.05) is 6.61 Å². The molecule has 0 atom stereocenters. The summed E-state index contributed by atoms with van der Waals surface area (Å²) in [6.45, 7) is 16.9. The van der Waals surface area contributed by atoms with Gasteiger partial charge in [0.05, 0.1) is 29.0 Å². The van der Waals surface area contributed by atoms with E-state index in [2.05, 4.69) is 54.5 Å². The van der Waals surface area contributed by atoms with Crippen LogP contribution in [0, 0.1) is 0 Å². The lowest BCUT2D eigenvalue weighted by Crippen LogP contribution is -2.51. The molecular weight excluding hydrogens is 288 g/mol. The average Bonchev–Trinajstić information content (AvgIpc) is 2.56. The van der Waals surface area contributed by atoms with Crippen LogP contribution >= 0.6 is 0 Å². The van der Waals surface area contributed by atoms with E-state index in [9.17, 15) is 1.37 Å². The van der Waals surface area contributed by atoms with E-state index in [0.717, 1.165) is 13.0 Å². The molecule has 0 heterocycles. The minimum atomic E-state index is -1.67. The largest absolute Gasteiger partial charge is 0.502 e. The Labute approximate surface area is 138 Å². The molecule has 1 nitrogen and oxygen atoms in total. The molecule has 0 fully saturated rings. The van der Waals surface area contributed by atoms with E-state index in [1.165, 1.54) is 36.3 Å². The minimum absolute atomic E-state index is 0.301. The molecule has 21 heavy (non-hydrogen) atoms. The summed E-state index contributed by atoms with van der Waals surface area (Å²) in [5.41, 5.74) is 0. The Morgan fingerprint density at radius 1 is 0.810 bits per heavy atom. The predicted molar refractivity (Wildman–Crippen MR) is 104 cm³/mol. The van der Waals surface area contributed by atoms with E-state index >= 15 is 0 Å². The highest BCUT2D eigenvalue weighted by Gasteiger charge is 2.46. The fourth-order valence-electron chi connectivity index (χ4n) is 3.86. The van der Waals surface area contributed by atoms with Crippen molar-refractivity contribution in [1.29, 1.82) is 0 Å². The first-order valence-corrected chi connectivity index (χ1v) is 14.5. The molecule has 0 aromatic rings. The number of hydrogen-bond donors (Lipinski definition) is 0. The van der Waals surface area contributed by atoms with E-state index in [0.29, 0.717) is 0 Å². The molecule has 0 N–H and O–H groups in total. The zero-order valence-electron chi connectivity index (χ0n) is 16.7. The molecule has 0 unspecified atom stereocenters. The van der Waals surface area contributed by atoms with Crippen LogP contribution in [-0.2, 0) is 4.74 Å². The van der Waals surface area contributed by atoms with Crippen LogP contribution in [0.4, 0.5) is 0 Å². The Balaban J connectivity index is 5.99. The first-order chi connectivity index (χ1) is 10.4. The lowest BCUT2D eigenvalue weighted by atomic mass is 10.5. The van der Waals surface area contributed by atoms with Crippen LogP contribution in [0.1, 0.15) is 56.3 Å². The molecule has 0 bridgehead atoms. The highest BCUT2D eigenvalue weighted by Crippen LogP contribution is 2.45. The fourth-order valence-corrected chi connectivity index (χ4v) is 17.7. The highest BCUT2D eigenvalue weighted by atomic mass is 28.4. The molecule has 0 rings (SSSR count). The maximum Gasteiger partial charge on any atom is 0.0870 e. The van der Waals surface area contributed by atoms with Gasteiger partial charge in [-0.2, -0.15) is 0 Å². The SMILES string of the molecule is [2H]C(/C=C\OCCC)([Si](CC)(CC)CC)[Si](CC)(CC)CC. The minimum Gasteiger partial charge on any atom is -0.502 e. The van der Waals surface area contributed by atoms with Gasteiger partial charge in [0, 0.05) is 1.37 Å². The Bertz CT molecular complexity index is 287. The molecule has 126 valence electrons. The van der Waals surface area contributed by atoms with Crippen molar-refractivity contribution in [3.63, 3.8) is 0 Å². The Hall–Kier alpha value is -0.0262. The van der Waals surface area contributed by atoms with Gasteiger partial charge in [-0.3, -0.25) is 0 Å². The zero-order valence-corrected chi connectivity index (χ0v) is 17.7. The third kappa shape index (κ3) is 4.99. The van der Waals surface area contributed by atoms with Gasteiger partial charge in [0.2, 0.25) is 0 Å². The van der Waals surface area contributed by atoms with Gasteiger partial charge in [0.1, 0.15) is 0 Å². The summed E-state index contributed by atoms with van der Waals surface area (Å²) in [4.78, 5) is 0. The van der Waals surface area contributed by atoms with Gasteiger partial charge in [-0.15, -0.1) is 0 Å². The molecule has 0 saturated carbocycles. The molecule has 0 aromatic carbocycles. The van der Waals surface area contributed by atoms with Gasteiger partial charge in [-0.05, 0) is 11.6 Å². The molecule has 0 aliphatic rings. The topological polar surface area (TPSA) is 9.23 Å². The van der Waals surface area contributed by atoms with Crippen LogP contribution < -0.4 is 0 Å². The summed E-state index contributed by atoms with van der Waals surface area (Å²) in [5.74, 6) is 0. The Kier molecular flexibility index (Phi) is 9.65. The van der Waals surface area contributed by atoms with Crippen molar-refractivity contribution < 1.29 is 6.11 Å². The summed E-state index contributed by atoms with van der Waals surface area (Å²) in [6, 6.07) is 7.31. The van der Waals surface area contributed by atoms with Crippen LogP contribution in [0.15, 0.2) is 12.3 Å². The van der Waals surface area contributed by atoms with E-state index in [1.807, 2.05) is 6.26 Å². The Morgan fingerprint density at radius 3 is 1.48 bits per heavy atom. The van der Waals surface area contributed by atoms with Gasteiger partial charge < -0.3 is 4.74 Å². The summed E-state index contributed by atoms with van der Waals surface area (Å²) < 4.78 is 15.4. The molecule has 0 aliphatic heterocycles. The molecule has 0 radical (unpaired) electrons. The van der Waals surface area contributed by atoms with Crippen molar-refractivity contribution >= 4 is 16.1 Å². The fraction of sp³-hybridized carbons (Fsp3) is 0.889. The van der Waals surface area contributed by atoms with Crippen molar-refractivity contribution in [2.45, 2.75) is 96.3 Å². The third-order valence-corrected chi connectivity index (χ3v) is 19.8. The summed E-state index contributed by atoms with van der Waals surface area (Å²) in [5, 5.41) is -0.301. The molecule has 0 aromatic heterocycles. The van der Waals surface area contributed by atoms with E-state index in [4.69, 9.17) is 4.74 Å². The summed E-state index contributed by atoms with van der Waals surface area (Å²) >= 11 is 0. The number of ether oxygens (including phenoxy) is 1. The van der Waals surface area contributed by atoms with Crippen molar-refractivity contribution in [3.05, 3.63) is 12.3 Å². The molecular formula is C18H40OSi2. The zero-order chi connectivity index (χ0) is 17.3. The van der Waals surface area contributed by atoms with E-state index in [-0.39, 0.29) is 5.14 Å². The van der Waals surface area contributed by atoms with Crippen molar-refractivity contribution in [3.8, 4) is 0 Å². The average molecular weight is 330 g/mol. The van der Waals surface area contributed by atoms with Gasteiger partial charge in [0.15, 0.2) is 0 Å². The predicted octanol–water partition coefficient (Wildman–Crippen LogP) is 6.85. The van der Waals surface area contributed by atoms with E-state index in [1.54, 1.807) is 0 Å². The molecule has 0 amide bonds. The normalized spacial score (nSPS) is 14.5. The van der Waals surface area contributed by atoms with Gasteiger partial charge >= 0.3 is 0 Å².